The van der Waals surface area contributed by atoms with Crippen LogP contribution in [0.4, 0.5) is 13.2 Å². The standard InChI is InChI=1S/C13H14F3N3O/c1-17-11-6-20-5-8(11)12-18-9-3-2-7(13(14,15)16)4-10(9)19-12/h2-4,8,11,17H,5-6H2,1H3,(H,18,19). The van der Waals surface area contributed by atoms with Gasteiger partial charge in [0, 0.05) is 6.04 Å². The molecular weight excluding hydrogens is 271 g/mol. The summed E-state index contributed by atoms with van der Waals surface area (Å²) in [5.41, 5.74) is 0.263. The highest BCUT2D eigenvalue weighted by Gasteiger charge is 2.33. The monoisotopic (exact) mass is 285 g/mol. The highest BCUT2D eigenvalue weighted by atomic mass is 19.4. The molecule has 1 aliphatic rings. The van der Waals surface area contributed by atoms with Crippen LogP contribution in [0.3, 0.4) is 0 Å². The van der Waals surface area contributed by atoms with Crippen LogP contribution < -0.4 is 5.32 Å². The maximum absolute atomic E-state index is 12.7. The Labute approximate surface area is 113 Å². The van der Waals surface area contributed by atoms with E-state index in [1.807, 2.05) is 7.05 Å². The molecule has 108 valence electrons. The van der Waals surface area contributed by atoms with Crippen LogP contribution in [0.2, 0.25) is 0 Å². The molecule has 0 amide bonds. The molecule has 2 aromatic rings. The first-order chi connectivity index (χ1) is 9.49. The number of fused-ring (bicyclic) bond motifs is 1. The van der Waals surface area contributed by atoms with Crippen LogP contribution in [0.25, 0.3) is 11.0 Å². The van der Waals surface area contributed by atoms with Crippen molar-refractivity contribution >= 4 is 11.0 Å². The van der Waals surface area contributed by atoms with Gasteiger partial charge in [-0.2, -0.15) is 13.2 Å². The minimum Gasteiger partial charge on any atom is -0.379 e. The van der Waals surface area contributed by atoms with Crippen LogP contribution in [0, 0.1) is 0 Å². The molecule has 3 rings (SSSR count). The molecule has 1 fully saturated rings. The summed E-state index contributed by atoms with van der Waals surface area (Å²) in [5.74, 6) is 0.693. The van der Waals surface area contributed by atoms with Crippen LogP contribution >= 0.6 is 0 Å². The normalized spacial score (nSPS) is 23.6. The number of rotatable bonds is 2. The van der Waals surface area contributed by atoms with E-state index in [-0.39, 0.29) is 12.0 Å². The van der Waals surface area contributed by atoms with Gasteiger partial charge in [-0.15, -0.1) is 0 Å². The van der Waals surface area contributed by atoms with E-state index in [4.69, 9.17) is 4.74 Å². The van der Waals surface area contributed by atoms with Gasteiger partial charge in [0.25, 0.3) is 0 Å². The summed E-state index contributed by atoms with van der Waals surface area (Å²) in [4.78, 5) is 7.36. The van der Waals surface area contributed by atoms with Crippen molar-refractivity contribution in [2.75, 3.05) is 20.3 Å². The molecule has 1 aromatic carbocycles. The first-order valence-corrected chi connectivity index (χ1v) is 6.31. The van der Waals surface area contributed by atoms with E-state index in [2.05, 4.69) is 15.3 Å². The maximum atomic E-state index is 12.7. The highest BCUT2D eigenvalue weighted by molar-refractivity contribution is 5.76. The number of benzene rings is 1. The molecule has 2 N–H and O–H groups in total. The average molecular weight is 285 g/mol. The van der Waals surface area contributed by atoms with Crippen LogP contribution in [-0.2, 0) is 10.9 Å². The van der Waals surface area contributed by atoms with E-state index in [0.717, 1.165) is 12.1 Å². The van der Waals surface area contributed by atoms with Gasteiger partial charge in [0.05, 0.1) is 35.7 Å². The summed E-state index contributed by atoms with van der Waals surface area (Å²) in [6.45, 7) is 1.09. The van der Waals surface area contributed by atoms with Crippen LogP contribution in [0.1, 0.15) is 17.3 Å². The first-order valence-electron chi connectivity index (χ1n) is 6.31. The van der Waals surface area contributed by atoms with Crippen molar-refractivity contribution in [3.8, 4) is 0 Å². The van der Waals surface area contributed by atoms with Crippen molar-refractivity contribution in [3.05, 3.63) is 29.6 Å². The van der Waals surface area contributed by atoms with Gasteiger partial charge in [0.1, 0.15) is 5.82 Å². The molecule has 1 aliphatic heterocycles. The molecular formula is C13H14F3N3O. The zero-order valence-corrected chi connectivity index (χ0v) is 10.8. The van der Waals surface area contributed by atoms with E-state index in [1.54, 1.807) is 0 Å². The molecule has 0 aliphatic carbocycles. The van der Waals surface area contributed by atoms with Crippen LogP contribution in [-0.4, -0.2) is 36.3 Å². The third kappa shape index (κ3) is 2.27. The van der Waals surface area contributed by atoms with Crippen molar-refractivity contribution in [2.45, 2.75) is 18.1 Å². The summed E-state index contributed by atoms with van der Waals surface area (Å²) >= 11 is 0. The number of nitrogens with zero attached hydrogens (tertiary/aromatic N) is 1. The summed E-state index contributed by atoms with van der Waals surface area (Å²) in [7, 11) is 1.83. The topological polar surface area (TPSA) is 49.9 Å². The van der Waals surface area contributed by atoms with Crippen molar-refractivity contribution in [3.63, 3.8) is 0 Å². The second kappa shape index (κ2) is 4.75. The van der Waals surface area contributed by atoms with Gasteiger partial charge in [0.2, 0.25) is 0 Å². The third-order valence-electron chi connectivity index (χ3n) is 3.63. The second-order valence-electron chi connectivity index (χ2n) is 4.89. The molecule has 0 spiro atoms. The summed E-state index contributed by atoms with van der Waals surface area (Å²) < 4.78 is 43.4. The lowest BCUT2D eigenvalue weighted by Gasteiger charge is -2.13. The van der Waals surface area contributed by atoms with Gasteiger partial charge in [-0.25, -0.2) is 4.98 Å². The fourth-order valence-electron chi connectivity index (χ4n) is 2.49. The molecule has 2 atom stereocenters. The minimum absolute atomic E-state index is 0.0294. The largest absolute Gasteiger partial charge is 0.416 e. The molecule has 0 saturated carbocycles. The number of halogens is 3. The SMILES string of the molecule is CNC1COCC1c1nc2ccc(C(F)(F)F)cc2[nH]1. The Bertz CT molecular complexity index is 623. The number of likely N-dealkylation sites (N-methyl/N-ethyl adjacent to an activating group) is 1. The molecule has 1 saturated heterocycles. The number of alkyl halides is 3. The van der Waals surface area contributed by atoms with Crippen molar-refractivity contribution in [1.82, 2.24) is 15.3 Å². The van der Waals surface area contributed by atoms with E-state index >= 15 is 0 Å². The van der Waals surface area contributed by atoms with Gasteiger partial charge in [-0.3, -0.25) is 0 Å². The molecule has 20 heavy (non-hydrogen) atoms. The maximum Gasteiger partial charge on any atom is 0.416 e. The van der Waals surface area contributed by atoms with E-state index < -0.39 is 11.7 Å². The number of H-pyrrole nitrogens is 1. The number of aromatic amines is 1. The summed E-state index contributed by atoms with van der Waals surface area (Å²) in [5, 5.41) is 3.13. The Morgan fingerprint density at radius 2 is 2.15 bits per heavy atom. The smallest absolute Gasteiger partial charge is 0.379 e. The Kier molecular flexibility index (Phi) is 3.18. The second-order valence-corrected chi connectivity index (χ2v) is 4.89. The summed E-state index contributed by atoms with van der Waals surface area (Å²) in [6, 6.07) is 3.66. The third-order valence-corrected chi connectivity index (χ3v) is 3.63. The van der Waals surface area contributed by atoms with Crippen molar-refractivity contribution in [2.24, 2.45) is 0 Å². The lowest BCUT2D eigenvalue weighted by atomic mass is 10.0. The van der Waals surface area contributed by atoms with E-state index in [0.29, 0.717) is 30.1 Å². The predicted molar refractivity (Wildman–Crippen MR) is 67.5 cm³/mol. The molecule has 0 radical (unpaired) electrons. The van der Waals surface area contributed by atoms with Crippen molar-refractivity contribution in [1.29, 1.82) is 0 Å². The van der Waals surface area contributed by atoms with Crippen LogP contribution in [0.15, 0.2) is 18.2 Å². The van der Waals surface area contributed by atoms with Gasteiger partial charge in [-0.05, 0) is 25.2 Å². The predicted octanol–water partition coefficient (Wildman–Crippen LogP) is 2.28. The first kappa shape index (κ1) is 13.4. The van der Waals surface area contributed by atoms with Gasteiger partial charge >= 0.3 is 6.18 Å². The zero-order chi connectivity index (χ0) is 14.3. The minimum atomic E-state index is -4.34. The molecule has 0 bridgehead atoms. The number of hydrogen-bond donors (Lipinski definition) is 2. The molecule has 7 heteroatoms. The number of nitrogens with one attached hydrogen (secondary N) is 2. The summed E-state index contributed by atoms with van der Waals surface area (Å²) in [6.07, 6.45) is -4.34. The van der Waals surface area contributed by atoms with Gasteiger partial charge in [0.15, 0.2) is 0 Å². The molecule has 4 nitrogen and oxygen atoms in total. The number of aromatic nitrogens is 2. The van der Waals surface area contributed by atoms with E-state index in [1.165, 1.54) is 6.07 Å². The zero-order valence-electron chi connectivity index (χ0n) is 10.8. The van der Waals surface area contributed by atoms with Crippen molar-refractivity contribution < 1.29 is 17.9 Å². The fraction of sp³-hybridized carbons (Fsp3) is 0.462. The fourth-order valence-corrected chi connectivity index (χ4v) is 2.49. The lowest BCUT2D eigenvalue weighted by Crippen LogP contribution is -2.31. The average Bonchev–Trinajstić information content (AvgIpc) is 3.02. The van der Waals surface area contributed by atoms with E-state index in [9.17, 15) is 13.2 Å². The Hall–Kier alpha value is -1.60. The number of hydrogen-bond acceptors (Lipinski definition) is 3. The highest BCUT2D eigenvalue weighted by Crippen LogP contribution is 2.32. The molecule has 1 aromatic heterocycles. The Morgan fingerprint density at radius 3 is 2.85 bits per heavy atom. The molecule has 2 heterocycles. The number of ether oxygens (including phenoxy) is 1. The van der Waals surface area contributed by atoms with Crippen LogP contribution in [0.5, 0.6) is 0 Å². The Morgan fingerprint density at radius 1 is 1.35 bits per heavy atom. The van der Waals surface area contributed by atoms with Gasteiger partial charge in [-0.1, -0.05) is 0 Å². The Balaban J connectivity index is 1.98. The van der Waals surface area contributed by atoms with Gasteiger partial charge < -0.3 is 15.0 Å². The molecule has 2 unspecified atom stereocenters. The number of imidazole rings is 1. The lowest BCUT2D eigenvalue weighted by molar-refractivity contribution is -0.137. The quantitative estimate of drug-likeness (QED) is 0.890.